The van der Waals surface area contributed by atoms with Gasteiger partial charge < -0.3 is 18.9 Å². The molecule has 1 aliphatic heterocycles. The van der Waals surface area contributed by atoms with Crippen molar-refractivity contribution < 1.29 is 32.2 Å². The van der Waals surface area contributed by atoms with Crippen molar-refractivity contribution in [1.82, 2.24) is 9.79 Å². The highest BCUT2D eigenvalue weighted by atomic mass is 32.2. The summed E-state index contributed by atoms with van der Waals surface area (Å²) in [5, 5.41) is 0.730. The number of sulfonamides is 1. The zero-order valence-electron chi connectivity index (χ0n) is 15.6. The summed E-state index contributed by atoms with van der Waals surface area (Å²) in [6, 6.07) is 2.92. The van der Waals surface area contributed by atoms with Crippen molar-refractivity contribution in [2.24, 2.45) is 0 Å². The molecule has 0 bridgehead atoms. The average molecular weight is 390 g/mol. The lowest BCUT2D eigenvalue weighted by Crippen LogP contribution is -2.40. The van der Waals surface area contributed by atoms with E-state index in [0.29, 0.717) is 22.8 Å². The summed E-state index contributed by atoms with van der Waals surface area (Å²) in [7, 11) is 4.11. The van der Waals surface area contributed by atoms with Crippen molar-refractivity contribution in [3.8, 4) is 17.2 Å². The van der Waals surface area contributed by atoms with Crippen molar-refractivity contribution in [3.63, 3.8) is 0 Å². The molecule has 0 aromatic heterocycles. The van der Waals surface area contributed by atoms with E-state index < -0.39 is 21.3 Å². The lowest BCUT2D eigenvalue weighted by Gasteiger charge is -2.24. The van der Waals surface area contributed by atoms with Crippen molar-refractivity contribution in [2.45, 2.75) is 11.3 Å². The lowest BCUT2D eigenvalue weighted by atomic mass is 10.0. The number of nitrogens with one attached hydrogen (secondary N) is 1. The molecular formula is C16H26N2O7S. The number of nitrogens with zero attached hydrogens (tertiary/aromatic N) is 1. The number of rotatable bonds is 9. The SMILES string of the molecule is COCCNS(=O)(=O)C1CON(C)C1c1cc(OC)c(OC)c(OC)c1. The smallest absolute Gasteiger partial charge is 0.218 e. The first-order valence-electron chi connectivity index (χ1n) is 8.02. The Morgan fingerprint density at radius 3 is 2.27 bits per heavy atom. The predicted octanol–water partition coefficient (Wildman–Crippen LogP) is 0.565. The third-order valence-electron chi connectivity index (χ3n) is 4.22. The van der Waals surface area contributed by atoms with E-state index in [2.05, 4.69) is 4.72 Å². The first-order valence-corrected chi connectivity index (χ1v) is 9.57. The van der Waals surface area contributed by atoms with E-state index in [9.17, 15) is 8.42 Å². The Balaban J connectivity index is 2.41. The molecule has 1 aliphatic rings. The number of hydrogen-bond acceptors (Lipinski definition) is 8. The lowest BCUT2D eigenvalue weighted by molar-refractivity contribution is -0.110. The van der Waals surface area contributed by atoms with Crippen molar-refractivity contribution in [1.29, 1.82) is 0 Å². The van der Waals surface area contributed by atoms with Crippen molar-refractivity contribution in [2.75, 3.05) is 55.2 Å². The quantitative estimate of drug-likeness (QED) is 0.612. The molecule has 9 nitrogen and oxygen atoms in total. The van der Waals surface area contributed by atoms with Gasteiger partial charge in [0.2, 0.25) is 15.8 Å². The molecule has 148 valence electrons. The van der Waals surface area contributed by atoms with Gasteiger partial charge in [-0.25, -0.2) is 13.1 Å². The van der Waals surface area contributed by atoms with E-state index in [1.807, 2.05) is 0 Å². The summed E-state index contributed by atoms with van der Waals surface area (Å²) in [5.74, 6) is 1.34. The summed E-state index contributed by atoms with van der Waals surface area (Å²) >= 11 is 0. The molecule has 1 aromatic carbocycles. The first kappa shape index (κ1) is 20.7. The van der Waals surface area contributed by atoms with Crippen LogP contribution < -0.4 is 18.9 Å². The maximum absolute atomic E-state index is 12.7. The number of ether oxygens (including phenoxy) is 4. The maximum atomic E-state index is 12.7. The Hall–Kier alpha value is -1.59. The molecule has 26 heavy (non-hydrogen) atoms. The van der Waals surface area contributed by atoms with E-state index >= 15 is 0 Å². The first-order chi connectivity index (χ1) is 12.4. The van der Waals surface area contributed by atoms with Crippen LogP contribution in [0.25, 0.3) is 0 Å². The fraction of sp³-hybridized carbons (Fsp3) is 0.625. The minimum atomic E-state index is -3.63. The molecule has 0 saturated carbocycles. The van der Waals surface area contributed by atoms with E-state index in [0.717, 1.165) is 0 Å². The van der Waals surface area contributed by atoms with Crippen LogP contribution in [0.5, 0.6) is 17.2 Å². The molecule has 0 spiro atoms. The molecule has 1 N–H and O–H groups in total. The standard InChI is InChI=1S/C16H26N2O7S/c1-18-15(14(10-25-18)26(19,20)17-6-7-21-2)11-8-12(22-3)16(24-5)13(9-11)23-4/h8-9,14-15,17H,6-7,10H2,1-5H3. The molecule has 1 saturated heterocycles. The van der Waals surface area contributed by atoms with Gasteiger partial charge in [0.15, 0.2) is 11.5 Å². The van der Waals surface area contributed by atoms with E-state index in [-0.39, 0.29) is 19.8 Å². The summed E-state index contributed by atoms with van der Waals surface area (Å²) in [4.78, 5) is 5.50. The summed E-state index contributed by atoms with van der Waals surface area (Å²) in [6.45, 7) is 0.526. The normalized spacial score (nSPS) is 21.0. The number of benzene rings is 1. The third-order valence-corrected chi connectivity index (χ3v) is 6.02. The van der Waals surface area contributed by atoms with Gasteiger partial charge in [-0.3, -0.25) is 4.84 Å². The van der Waals surface area contributed by atoms with Gasteiger partial charge >= 0.3 is 0 Å². The molecule has 1 heterocycles. The molecule has 0 aliphatic carbocycles. The summed E-state index contributed by atoms with van der Waals surface area (Å²) in [6.07, 6.45) is 0. The van der Waals surface area contributed by atoms with Gasteiger partial charge in [-0.1, -0.05) is 0 Å². The van der Waals surface area contributed by atoms with Crippen LogP contribution in [0.1, 0.15) is 11.6 Å². The minimum absolute atomic E-state index is 0.0418. The maximum Gasteiger partial charge on any atom is 0.218 e. The third kappa shape index (κ3) is 4.21. The van der Waals surface area contributed by atoms with Crippen LogP contribution >= 0.6 is 0 Å². The van der Waals surface area contributed by atoms with Crippen LogP contribution in [0, 0.1) is 0 Å². The van der Waals surface area contributed by atoms with Crippen LogP contribution in [0.4, 0.5) is 0 Å². The zero-order valence-corrected chi connectivity index (χ0v) is 16.5. The van der Waals surface area contributed by atoms with Gasteiger partial charge in [-0.15, -0.1) is 0 Å². The highest BCUT2D eigenvalue weighted by Gasteiger charge is 2.43. The van der Waals surface area contributed by atoms with Crippen molar-refractivity contribution in [3.05, 3.63) is 17.7 Å². The van der Waals surface area contributed by atoms with Crippen LogP contribution in [0.3, 0.4) is 0 Å². The van der Waals surface area contributed by atoms with E-state index in [1.54, 1.807) is 19.2 Å². The predicted molar refractivity (Wildman–Crippen MR) is 95.1 cm³/mol. The molecule has 1 aromatic rings. The van der Waals surface area contributed by atoms with Gasteiger partial charge in [0.25, 0.3) is 0 Å². The fourth-order valence-electron chi connectivity index (χ4n) is 2.95. The summed E-state index contributed by atoms with van der Waals surface area (Å²) in [5.41, 5.74) is 0.682. The molecule has 2 atom stereocenters. The Morgan fingerprint density at radius 1 is 1.15 bits per heavy atom. The number of methoxy groups -OCH3 is 4. The fourth-order valence-corrected chi connectivity index (χ4v) is 4.44. The summed E-state index contributed by atoms with van der Waals surface area (Å²) < 4.78 is 48.9. The Bertz CT molecular complexity index is 686. The highest BCUT2D eigenvalue weighted by molar-refractivity contribution is 7.90. The van der Waals surface area contributed by atoms with Gasteiger partial charge in [-0.2, -0.15) is 5.06 Å². The Labute approximate surface area is 154 Å². The van der Waals surface area contributed by atoms with E-state index in [4.69, 9.17) is 23.8 Å². The molecule has 2 rings (SSSR count). The van der Waals surface area contributed by atoms with Crippen LogP contribution in [0.15, 0.2) is 12.1 Å². The monoisotopic (exact) mass is 390 g/mol. The van der Waals surface area contributed by atoms with Gasteiger partial charge in [0.1, 0.15) is 5.25 Å². The second kappa shape index (κ2) is 8.87. The number of hydroxylamine groups is 2. The van der Waals surface area contributed by atoms with Crippen molar-refractivity contribution >= 4 is 10.0 Å². The van der Waals surface area contributed by atoms with Crippen LogP contribution in [-0.2, 0) is 19.6 Å². The average Bonchev–Trinajstić information content (AvgIpc) is 3.02. The molecule has 0 radical (unpaired) electrons. The van der Waals surface area contributed by atoms with Gasteiger partial charge in [0.05, 0.1) is 40.6 Å². The van der Waals surface area contributed by atoms with Crippen LogP contribution in [0.2, 0.25) is 0 Å². The van der Waals surface area contributed by atoms with Crippen LogP contribution in [-0.4, -0.2) is 74.0 Å². The molecular weight excluding hydrogens is 364 g/mol. The Morgan fingerprint density at radius 2 is 1.77 bits per heavy atom. The second-order valence-electron chi connectivity index (χ2n) is 5.72. The van der Waals surface area contributed by atoms with Gasteiger partial charge in [-0.05, 0) is 17.7 Å². The largest absolute Gasteiger partial charge is 0.493 e. The molecule has 10 heteroatoms. The number of hydrogen-bond donors (Lipinski definition) is 1. The van der Waals surface area contributed by atoms with E-state index in [1.165, 1.54) is 33.5 Å². The minimum Gasteiger partial charge on any atom is -0.493 e. The molecule has 2 unspecified atom stereocenters. The molecule has 1 fully saturated rings. The van der Waals surface area contributed by atoms with Gasteiger partial charge in [0, 0.05) is 20.7 Å². The highest BCUT2D eigenvalue weighted by Crippen LogP contribution is 2.43. The topological polar surface area (TPSA) is 95.6 Å². The Kier molecular flexibility index (Phi) is 7.07. The zero-order chi connectivity index (χ0) is 19.3. The molecule has 0 amide bonds. The second-order valence-corrected chi connectivity index (χ2v) is 7.70.